The number of urea groups is 1. The van der Waals surface area contributed by atoms with Gasteiger partial charge in [-0.3, -0.25) is 0 Å². The normalized spacial score (nSPS) is 10.7. The van der Waals surface area contributed by atoms with Crippen molar-refractivity contribution in [2.75, 3.05) is 28.6 Å². The van der Waals surface area contributed by atoms with Crippen LogP contribution in [0.15, 0.2) is 53.0 Å². The van der Waals surface area contributed by atoms with E-state index in [1.54, 1.807) is 0 Å². The average molecular weight is 427 g/mol. The number of aryl methyl sites for hydroxylation is 1. The summed E-state index contributed by atoms with van der Waals surface area (Å²) >= 11 is 3.43. The maximum absolute atomic E-state index is 12.3. The van der Waals surface area contributed by atoms with Gasteiger partial charge >= 0.3 is 6.03 Å². The molecule has 0 bridgehead atoms. The predicted octanol–water partition coefficient (Wildman–Crippen LogP) is 5.80. The largest absolute Gasteiger partial charge is 0.357 e. The van der Waals surface area contributed by atoms with Crippen LogP contribution in [0, 0.1) is 6.92 Å². The molecule has 1 heterocycles. The first kappa shape index (κ1) is 19.2. The zero-order chi connectivity index (χ0) is 19.4. The number of anilines is 3. The second-order valence-corrected chi connectivity index (χ2v) is 7.11. The van der Waals surface area contributed by atoms with Crippen LogP contribution >= 0.6 is 15.9 Å². The van der Waals surface area contributed by atoms with E-state index in [9.17, 15) is 4.79 Å². The molecule has 0 spiro atoms. The molecule has 3 rings (SSSR count). The number of fused-ring (bicyclic) bond motifs is 1. The number of pyridine rings is 1. The zero-order valence-electron chi connectivity index (χ0n) is 15.7. The summed E-state index contributed by atoms with van der Waals surface area (Å²) < 4.78 is 0.836. The van der Waals surface area contributed by atoms with Gasteiger partial charge in [0.1, 0.15) is 5.82 Å². The summed E-state index contributed by atoms with van der Waals surface area (Å²) in [6.07, 6.45) is 0. The van der Waals surface area contributed by atoms with Crippen molar-refractivity contribution in [1.29, 1.82) is 0 Å². The molecule has 0 saturated heterocycles. The Balaban J connectivity index is 1.82. The molecule has 0 atom stereocenters. The lowest BCUT2D eigenvalue weighted by Crippen LogP contribution is -2.23. The zero-order valence-corrected chi connectivity index (χ0v) is 17.3. The van der Waals surface area contributed by atoms with Gasteiger partial charge in [0.15, 0.2) is 0 Å². The van der Waals surface area contributed by atoms with E-state index in [1.165, 1.54) is 0 Å². The molecule has 0 aliphatic rings. The molecule has 2 N–H and O–H groups in total. The summed E-state index contributed by atoms with van der Waals surface area (Å²) in [5.74, 6) is 0.984. The number of amides is 2. The Morgan fingerprint density at radius 2 is 1.81 bits per heavy atom. The van der Waals surface area contributed by atoms with E-state index in [0.29, 0.717) is 0 Å². The summed E-state index contributed by atoms with van der Waals surface area (Å²) in [5.41, 5.74) is 3.51. The smallest absolute Gasteiger partial charge is 0.323 e. The van der Waals surface area contributed by atoms with Crippen LogP contribution < -0.4 is 15.5 Å². The van der Waals surface area contributed by atoms with Gasteiger partial charge in [-0.2, -0.15) is 0 Å². The molecule has 2 amide bonds. The van der Waals surface area contributed by atoms with Gasteiger partial charge in [0.2, 0.25) is 0 Å². The van der Waals surface area contributed by atoms with Gasteiger partial charge in [-0.25, -0.2) is 9.78 Å². The van der Waals surface area contributed by atoms with Crippen LogP contribution in [0.3, 0.4) is 0 Å². The minimum absolute atomic E-state index is 0.286. The van der Waals surface area contributed by atoms with Crippen LogP contribution in [-0.4, -0.2) is 24.1 Å². The predicted molar refractivity (Wildman–Crippen MR) is 117 cm³/mol. The number of para-hydroxylation sites is 1. The van der Waals surface area contributed by atoms with Gasteiger partial charge in [-0.05, 0) is 78.7 Å². The summed E-state index contributed by atoms with van der Waals surface area (Å²) in [5, 5.41) is 6.76. The second-order valence-electron chi connectivity index (χ2n) is 6.26. The molecule has 0 aliphatic carbocycles. The first-order valence-corrected chi connectivity index (χ1v) is 9.80. The fourth-order valence-corrected chi connectivity index (χ4v) is 3.39. The highest BCUT2D eigenvalue weighted by Gasteiger charge is 2.10. The van der Waals surface area contributed by atoms with Crippen molar-refractivity contribution in [2.24, 2.45) is 0 Å². The van der Waals surface area contributed by atoms with Gasteiger partial charge in [0, 0.05) is 28.6 Å². The maximum Gasteiger partial charge on any atom is 0.323 e. The number of carbonyl (C=O) groups excluding carboxylic acids is 1. The van der Waals surface area contributed by atoms with E-state index in [4.69, 9.17) is 4.98 Å². The Bertz CT molecular complexity index is 970. The fourth-order valence-electron chi connectivity index (χ4n) is 3.01. The van der Waals surface area contributed by atoms with Crippen LogP contribution in [-0.2, 0) is 0 Å². The van der Waals surface area contributed by atoms with E-state index >= 15 is 0 Å². The van der Waals surface area contributed by atoms with E-state index in [-0.39, 0.29) is 6.03 Å². The van der Waals surface area contributed by atoms with Crippen molar-refractivity contribution >= 4 is 50.1 Å². The number of aromatic nitrogens is 1. The molecule has 0 fully saturated rings. The first-order valence-electron chi connectivity index (χ1n) is 9.00. The van der Waals surface area contributed by atoms with Crippen molar-refractivity contribution in [3.63, 3.8) is 0 Å². The van der Waals surface area contributed by atoms with Crippen LogP contribution in [0.25, 0.3) is 10.9 Å². The molecule has 1 aromatic heterocycles. The number of nitrogens with one attached hydrogen (secondary N) is 2. The summed E-state index contributed by atoms with van der Waals surface area (Å²) in [6.45, 7) is 8.16. The Kier molecular flexibility index (Phi) is 5.96. The molecule has 0 aliphatic heterocycles. The molecular formula is C21H23BrN4O. The third-order valence-corrected chi connectivity index (χ3v) is 5.16. The highest BCUT2D eigenvalue weighted by Crippen LogP contribution is 2.26. The molecular weight excluding hydrogens is 404 g/mol. The topological polar surface area (TPSA) is 57.3 Å². The highest BCUT2D eigenvalue weighted by molar-refractivity contribution is 9.10. The summed E-state index contributed by atoms with van der Waals surface area (Å²) in [7, 11) is 0. The van der Waals surface area contributed by atoms with Crippen molar-refractivity contribution < 1.29 is 4.79 Å². The lowest BCUT2D eigenvalue weighted by molar-refractivity contribution is 0.262. The van der Waals surface area contributed by atoms with E-state index in [2.05, 4.69) is 58.3 Å². The van der Waals surface area contributed by atoms with E-state index < -0.39 is 0 Å². The van der Waals surface area contributed by atoms with Gasteiger partial charge in [-0.15, -0.1) is 0 Å². The quantitative estimate of drug-likeness (QED) is 0.542. The van der Waals surface area contributed by atoms with E-state index in [0.717, 1.165) is 51.2 Å². The average Bonchev–Trinajstić information content (AvgIpc) is 2.65. The third kappa shape index (κ3) is 4.39. The van der Waals surface area contributed by atoms with Crippen molar-refractivity contribution in [1.82, 2.24) is 4.98 Å². The minimum atomic E-state index is -0.286. The second kappa shape index (κ2) is 8.39. The van der Waals surface area contributed by atoms with Gasteiger partial charge in [-0.1, -0.05) is 12.1 Å². The number of nitrogens with zero attached hydrogens (tertiary/aromatic N) is 2. The lowest BCUT2D eigenvalue weighted by atomic mass is 10.1. The summed E-state index contributed by atoms with van der Waals surface area (Å²) in [6, 6.07) is 15.1. The third-order valence-electron chi connectivity index (χ3n) is 4.47. The standard InChI is InChI=1S/C21H23BrN4O/c1-4-26(5-2)20-12-14(3)16-13-15(10-11-18(16)24-20)23-21(27)25-19-9-7-6-8-17(19)22/h6-13H,4-5H2,1-3H3,(H2,23,25,27). The van der Waals surface area contributed by atoms with Crippen molar-refractivity contribution in [2.45, 2.75) is 20.8 Å². The van der Waals surface area contributed by atoms with Crippen LogP contribution in [0.2, 0.25) is 0 Å². The first-order chi connectivity index (χ1) is 13.0. The molecule has 2 aromatic carbocycles. The van der Waals surface area contributed by atoms with E-state index in [1.807, 2.05) is 42.5 Å². The van der Waals surface area contributed by atoms with Crippen LogP contribution in [0.5, 0.6) is 0 Å². The Hall–Kier alpha value is -2.60. The maximum atomic E-state index is 12.3. The minimum Gasteiger partial charge on any atom is -0.357 e. The molecule has 27 heavy (non-hydrogen) atoms. The number of carbonyl (C=O) groups is 1. The molecule has 5 nitrogen and oxygen atoms in total. The fraction of sp³-hybridized carbons (Fsp3) is 0.238. The number of rotatable bonds is 5. The Morgan fingerprint density at radius 1 is 1.07 bits per heavy atom. The molecule has 6 heteroatoms. The number of halogens is 1. The molecule has 3 aromatic rings. The molecule has 0 radical (unpaired) electrons. The van der Waals surface area contributed by atoms with Gasteiger partial charge in [0.25, 0.3) is 0 Å². The molecule has 140 valence electrons. The molecule has 0 saturated carbocycles. The van der Waals surface area contributed by atoms with Crippen LogP contribution in [0.1, 0.15) is 19.4 Å². The SMILES string of the molecule is CCN(CC)c1cc(C)c2cc(NC(=O)Nc3ccccc3Br)ccc2n1. The van der Waals surface area contributed by atoms with Gasteiger partial charge < -0.3 is 15.5 Å². The highest BCUT2D eigenvalue weighted by atomic mass is 79.9. The Morgan fingerprint density at radius 3 is 2.52 bits per heavy atom. The summed E-state index contributed by atoms with van der Waals surface area (Å²) in [4.78, 5) is 19.3. The number of hydrogen-bond donors (Lipinski definition) is 2. The molecule has 0 unspecified atom stereocenters. The monoisotopic (exact) mass is 426 g/mol. The number of benzene rings is 2. The van der Waals surface area contributed by atoms with Gasteiger partial charge in [0.05, 0.1) is 11.2 Å². The van der Waals surface area contributed by atoms with Crippen molar-refractivity contribution in [3.05, 3.63) is 58.6 Å². The Labute approximate surface area is 167 Å². The van der Waals surface area contributed by atoms with Crippen LogP contribution in [0.4, 0.5) is 22.0 Å². The number of hydrogen-bond acceptors (Lipinski definition) is 3. The van der Waals surface area contributed by atoms with Crippen molar-refractivity contribution in [3.8, 4) is 0 Å². The lowest BCUT2D eigenvalue weighted by Gasteiger charge is -2.21.